The van der Waals surface area contributed by atoms with Gasteiger partial charge in [-0.05, 0) is 70.5 Å². The van der Waals surface area contributed by atoms with Crippen LogP contribution in [0.3, 0.4) is 0 Å². The van der Waals surface area contributed by atoms with E-state index in [1.807, 2.05) is 7.05 Å². The number of nitrogens with one attached hydrogen (secondary N) is 1. The van der Waals surface area contributed by atoms with Gasteiger partial charge in [0.05, 0.1) is 11.7 Å². The Hall–Kier alpha value is -1.12. The van der Waals surface area contributed by atoms with Crippen molar-refractivity contribution in [3.8, 4) is 0 Å². The number of aliphatic hydroxyl groups excluding tert-OH is 1. The molecule has 0 aromatic heterocycles. The second kappa shape index (κ2) is 13.3. The Morgan fingerprint density at radius 2 is 1.91 bits per heavy atom. The zero-order chi connectivity index (χ0) is 24.6. The van der Waals surface area contributed by atoms with Crippen LogP contribution in [0.15, 0.2) is 18.2 Å². The third kappa shape index (κ3) is 6.55. The van der Waals surface area contributed by atoms with Gasteiger partial charge in [0.1, 0.15) is 0 Å². The second-order valence-corrected chi connectivity index (χ2v) is 10.3. The molecule has 194 valence electrons. The molecule has 1 saturated heterocycles. The van der Waals surface area contributed by atoms with Crippen LogP contribution < -0.4 is 5.32 Å². The summed E-state index contributed by atoms with van der Waals surface area (Å²) in [6.45, 7) is 2.60. The lowest BCUT2D eigenvalue weighted by molar-refractivity contribution is -0.0848. The van der Waals surface area contributed by atoms with Gasteiger partial charge in [0.2, 0.25) is 0 Å². The van der Waals surface area contributed by atoms with E-state index in [4.69, 9.17) is 4.74 Å². The van der Waals surface area contributed by atoms with E-state index in [0.29, 0.717) is 38.5 Å². The zero-order valence-corrected chi connectivity index (χ0v) is 20.9. The topological polar surface area (TPSA) is 65.0 Å². The maximum atomic E-state index is 15.0. The monoisotopic (exact) mass is 482 g/mol. The van der Waals surface area contributed by atoms with Crippen molar-refractivity contribution >= 4 is 0 Å². The Morgan fingerprint density at radius 3 is 2.62 bits per heavy atom. The van der Waals surface area contributed by atoms with E-state index >= 15 is 0 Å². The minimum atomic E-state index is -1.47. The normalized spacial score (nSPS) is 24.0. The van der Waals surface area contributed by atoms with Crippen molar-refractivity contribution < 1.29 is 23.7 Å². The fourth-order valence-electron chi connectivity index (χ4n) is 6.20. The first kappa shape index (κ1) is 27.5. The number of methoxy groups -OCH3 is 1. The van der Waals surface area contributed by atoms with Crippen molar-refractivity contribution in [1.82, 2.24) is 10.2 Å². The standard InChI is InChI=1S/C27H44F2N2O3/c1-30-18-24(26(32)20-10-4-3-5-11-20)31-16-9-12-21(19-31)27(33,15-6-7-17-34-2)22-13-8-14-23(28)25(22)29/h8,13-14,20-21,24,26,30,32-33H,3-7,9-12,15-19H2,1-2H3/t21?,24-,26+,27+/m1/s1. The van der Waals surface area contributed by atoms with E-state index in [1.54, 1.807) is 7.11 Å². The Morgan fingerprint density at radius 1 is 1.15 bits per heavy atom. The van der Waals surface area contributed by atoms with Crippen LogP contribution in [0, 0.1) is 23.5 Å². The van der Waals surface area contributed by atoms with Crippen LogP contribution in [-0.4, -0.2) is 67.7 Å². The van der Waals surface area contributed by atoms with Gasteiger partial charge in [0.25, 0.3) is 0 Å². The third-order valence-corrected chi connectivity index (χ3v) is 8.11. The molecule has 2 fully saturated rings. The van der Waals surface area contributed by atoms with Gasteiger partial charge < -0.3 is 20.3 Å². The molecule has 0 bridgehead atoms. The van der Waals surface area contributed by atoms with Gasteiger partial charge in [0.15, 0.2) is 11.6 Å². The lowest BCUT2D eigenvalue weighted by Crippen LogP contribution is -2.57. The van der Waals surface area contributed by atoms with Crippen molar-refractivity contribution in [3.05, 3.63) is 35.4 Å². The van der Waals surface area contributed by atoms with E-state index in [0.717, 1.165) is 57.6 Å². The first-order chi connectivity index (χ1) is 16.4. The first-order valence-corrected chi connectivity index (χ1v) is 13.1. The highest BCUT2D eigenvalue weighted by Gasteiger charge is 2.44. The van der Waals surface area contributed by atoms with Crippen LogP contribution in [0.2, 0.25) is 0 Å². The predicted molar refractivity (Wildman–Crippen MR) is 131 cm³/mol. The summed E-state index contributed by atoms with van der Waals surface area (Å²) in [5, 5.41) is 26.6. The molecule has 3 N–H and O–H groups in total. The summed E-state index contributed by atoms with van der Waals surface area (Å²) >= 11 is 0. The molecular weight excluding hydrogens is 438 g/mol. The molecule has 0 spiro atoms. The molecule has 1 aromatic carbocycles. The fraction of sp³-hybridized carbons (Fsp3) is 0.778. The molecule has 1 aromatic rings. The molecule has 7 heteroatoms. The quantitative estimate of drug-likeness (QED) is 0.390. The average Bonchev–Trinajstić information content (AvgIpc) is 2.87. The second-order valence-electron chi connectivity index (χ2n) is 10.3. The van der Waals surface area contributed by atoms with Crippen molar-refractivity contribution in [2.75, 3.05) is 40.4 Å². The molecule has 0 amide bonds. The van der Waals surface area contributed by atoms with Crippen molar-refractivity contribution in [2.24, 2.45) is 11.8 Å². The highest BCUT2D eigenvalue weighted by molar-refractivity contribution is 5.27. The van der Waals surface area contributed by atoms with Crippen molar-refractivity contribution in [3.63, 3.8) is 0 Å². The minimum Gasteiger partial charge on any atom is -0.391 e. The zero-order valence-electron chi connectivity index (χ0n) is 20.9. The summed E-state index contributed by atoms with van der Waals surface area (Å²) in [5.41, 5.74) is -1.42. The van der Waals surface area contributed by atoms with Gasteiger partial charge in [-0.1, -0.05) is 31.4 Å². The lowest BCUT2D eigenvalue weighted by Gasteiger charge is -2.47. The number of rotatable bonds is 12. The fourth-order valence-corrected chi connectivity index (χ4v) is 6.20. The molecule has 3 rings (SSSR count). The van der Waals surface area contributed by atoms with Gasteiger partial charge in [-0.2, -0.15) is 0 Å². The van der Waals surface area contributed by atoms with Crippen LogP contribution in [0.25, 0.3) is 0 Å². The molecule has 34 heavy (non-hydrogen) atoms. The van der Waals surface area contributed by atoms with Gasteiger partial charge >= 0.3 is 0 Å². The number of hydrogen-bond acceptors (Lipinski definition) is 5. The van der Waals surface area contributed by atoms with E-state index in [1.165, 1.54) is 18.6 Å². The van der Waals surface area contributed by atoms with Crippen molar-refractivity contribution in [1.29, 1.82) is 0 Å². The summed E-state index contributed by atoms with van der Waals surface area (Å²) in [7, 11) is 3.53. The molecule has 1 aliphatic carbocycles. The van der Waals surface area contributed by atoms with Crippen LogP contribution in [0.1, 0.15) is 69.8 Å². The van der Waals surface area contributed by atoms with E-state index in [2.05, 4.69) is 10.2 Å². The van der Waals surface area contributed by atoms with Crippen LogP contribution >= 0.6 is 0 Å². The van der Waals surface area contributed by atoms with Gasteiger partial charge in [0, 0.05) is 44.3 Å². The number of aliphatic hydroxyl groups is 2. The summed E-state index contributed by atoms with van der Waals surface area (Å²) in [4.78, 5) is 2.28. The van der Waals surface area contributed by atoms with Crippen LogP contribution in [0.4, 0.5) is 8.78 Å². The summed E-state index contributed by atoms with van der Waals surface area (Å²) in [6.07, 6.45) is 8.56. The number of unbranched alkanes of at least 4 members (excludes halogenated alkanes) is 1. The van der Waals surface area contributed by atoms with Crippen LogP contribution in [0.5, 0.6) is 0 Å². The number of nitrogens with zero attached hydrogens (tertiary/aromatic N) is 1. The minimum absolute atomic E-state index is 0.0507. The smallest absolute Gasteiger partial charge is 0.164 e. The molecule has 1 saturated carbocycles. The number of likely N-dealkylation sites (tertiary alicyclic amines) is 1. The molecule has 5 nitrogen and oxygen atoms in total. The van der Waals surface area contributed by atoms with Gasteiger partial charge in [-0.25, -0.2) is 8.78 Å². The van der Waals surface area contributed by atoms with E-state index < -0.39 is 23.3 Å². The number of hydrogen-bond donors (Lipinski definition) is 3. The molecule has 1 heterocycles. The predicted octanol–water partition coefficient (Wildman–Crippen LogP) is 4.21. The summed E-state index contributed by atoms with van der Waals surface area (Å²) < 4.78 is 34.3. The first-order valence-electron chi connectivity index (χ1n) is 13.1. The number of likely N-dealkylation sites (N-methyl/N-ethyl adjacent to an activating group) is 1. The van der Waals surface area contributed by atoms with E-state index in [9.17, 15) is 19.0 Å². The third-order valence-electron chi connectivity index (χ3n) is 8.11. The highest BCUT2D eigenvalue weighted by atomic mass is 19.2. The molecule has 1 aliphatic heterocycles. The Balaban J connectivity index is 1.83. The summed E-state index contributed by atoms with van der Waals surface area (Å²) in [6, 6.07) is 4.03. The number of halogens is 2. The number of piperidine rings is 1. The van der Waals surface area contributed by atoms with Crippen LogP contribution in [-0.2, 0) is 10.3 Å². The number of ether oxygens (including phenoxy) is 1. The summed E-state index contributed by atoms with van der Waals surface area (Å²) in [5.74, 6) is -1.84. The SMILES string of the molecule is CNC[C@H]([C@@H](O)C1CCCCC1)N1CCCC([C@@](O)(CCCCOC)c2cccc(F)c2F)C1. The Bertz CT molecular complexity index is 747. The average molecular weight is 483 g/mol. The molecule has 1 unspecified atom stereocenters. The van der Waals surface area contributed by atoms with Gasteiger partial charge in [-0.3, -0.25) is 4.90 Å². The maximum Gasteiger partial charge on any atom is 0.164 e. The highest BCUT2D eigenvalue weighted by Crippen LogP contribution is 2.42. The maximum absolute atomic E-state index is 15.0. The van der Waals surface area contributed by atoms with Crippen molar-refractivity contribution in [2.45, 2.75) is 82.0 Å². The Kier molecular flexibility index (Phi) is 10.7. The Labute approximate surface area is 203 Å². The molecule has 2 aliphatic rings. The van der Waals surface area contributed by atoms with Gasteiger partial charge in [-0.15, -0.1) is 0 Å². The molecule has 0 radical (unpaired) electrons. The molecular formula is C27H44F2N2O3. The largest absolute Gasteiger partial charge is 0.391 e. The number of benzene rings is 1. The lowest BCUT2D eigenvalue weighted by atomic mass is 9.73. The van der Waals surface area contributed by atoms with E-state index in [-0.39, 0.29) is 17.5 Å². The molecule has 4 atom stereocenters.